The zero-order valence-electron chi connectivity index (χ0n) is 11.9. The maximum Gasteiger partial charge on any atom is 0.307 e. The summed E-state index contributed by atoms with van der Waals surface area (Å²) in [5, 5.41) is 2.98. The van der Waals surface area contributed by atoms with Crippen LogP contribution in [0.3, 0.4) is 0 Å². The maximum absolute atomic E-state index is 12.3. The van der Waals surface area contributed by atoms with Gasteiger partial charge < -0.3 is 10.1 Å². The second-order valence-corrected chi connectivity index (χ2v) is 5.85. The summed E-state index contributed by atoms with van der Waals surface area (Å²) < 4.78 is 5.55. The highest BCUT2D eigenvalue weighted by molar-refractivity contribution is 5.87. The molecule has 108 valence electrons. The summed E-state index contributed by atoms with van der Waals surface area (Å²) in [6.45, 7) is 2.86. The van der Waals surface area contributed by atoms with Crippen LogP contribution in [-0.4, -0.2) is 24.0 Å². The van der Waals surface area contributed by atoms with E-state index in [1.165, 1.54) is 6.42 Å². The standard InChI is InChI=1S/C15H25NO3/c1-2-3-7-10-16-14(18)12-11-13(17)19-15(12)8-5-4-6-9-15/h12H,2-11H2,1H3,(H,16,18)/t12-/m1/s1. The SMILES string of the molecule is CCCCCNC(=O)[C@H]1CC(=O)OC12CCCCC2. The van der Waals surface area contributed by atoms with Crippen molar-refractivity contribution in [3.05, 3.63) is 0 Å². The Hall–Kier alpha value is -1.06. The third-order valence-corrected chi connectivity index (χ3v) is 4.42. The van der Waals surface area contributed by atoms with E-state index in [9.17, 15) is 9.59 Å². The van der Waals surface area contributed by atoms with E-state index in [2.05, 4.69) is 12.2 Å². The molecule has 1 N–H and O–H groups in total. The van der Waals surface area contributed by atoms with Crippen LogP contribution in [0.4, 0.5) is 0 Å². The van der Waals surface area contributed by atoms with Crippen LogP contribution in [0.15, 0.2) is 0 Å². The van der Waals surface area contributed by atoms with Crippen LogP contribution < -0.4 is 5.32 Å². The summed E-state index contributed by atoms with van der Waals surface area (Å²) in [5.41, 5.74) is -0.482. The summed E-state index contributed by atoms with van der Waals surface area (Å²) in [6, 6.07) is 0. The van der Waals surface area contributed by atoms with E-state index in [0.717, 1.165) is 44.9 Å². The van der Waals surface area contributed by atoms with Crippen molar-refractivity contribution >= 4 is 11.9 Å². The molecule has 4 nitrogen and oxygen atoms in total. The Kier molecular flexibility index (Phi) is 4.83. The summed E-state index contributed by atoms with van der Waals surface area (Å²) in [5.74, 6) is -0.443. The van der Waals surface area contributed by atoms with Gasteiger partial charge in [0.15, 0.2) is 0 Å². The molecule has 0 aromatic rings. The molecule has 0 radical (unpaired) electrons. The van der Waals surface area contributed by atoms with Gasteiger partial charge in [0, 0.05) is 6.54 Å². The predicted octanol–water partition coefficient (Wildman–Crippen LogP) is 2.56. The molecular formula is C15H25NO3. The van der Waals surface area contributed by atoms with Gasteiger partial charge in [-0.15, -0.1) is 0 Å². The smallest absolute Gasteiger partial charge is 0.307 e. The minimum atomic E-state index is -0.482. The van der Waals surface area contributed by atoms with Gasteiger partial charge >= 0.3 is 5.97 Å². The first-order valence-corrected chi connectivity index (χ1v) is 7.67. The number of carbonyl (C=O) groups excluding carboxylic acids is 2. The van der Waals surface area contributed by atoms with E-state index in [4.69, 9.17) is 4.74 Å². The van der Waals surface area contributed by atoms with Crippen molar-refractivity contribution in [2.24, 2.45) is 5.92 Å². The minimum absolute atomic E-state index is 0.0175. The highest BCUT2D eigenvalue weighted by Gasteiger charge is 2.52. The topological polar surface area (TPSA) is 55.4 Å². The zero-order valence-corrected chi connectivity index (χ0v) is 11.9. The molecule has 2 aliphatic rings. The highest BCUT2D eigenvalue weighted by Crippen LogP contribution is 2.44. The van der Waals surface area contributed by atoms with Crippen LogP contribution >= 0.6 is 0 Å². The molecule has 0 aromatic heterocycles. The molecule has 1 atom stereocenters. The van der Waals surface area contributed by atoms with Crippen molar-refractivity contribution in [2.45, 2.75) is 70.3 Å². The molecule has 0 aromatic carbocycles. The van der Waals surface area contributed by atoms with Gasteiger partial charge in [-0.05, 0) is 32.1 Å². The predicted molar refractivity (Wildman–Crippen MR) is 72.5 cm³/mol. The largest absolute Gasteiger partial charge is 0.458 e. The molecule has 0 unspecified atom stereocenters. The van der Waals surface area contributed by atoms with Gasteiger partial charge in [-0.25, -0.2) is 0 Å². The molecule has 1 amide bonds. The average Bonchev–Trinajstić information content (AvgIpc) is 2.72. The zero-order chi connectivity index (χ0) is 13.7. The van der Waals surface area contributed by atoms with E-state index in [1.54, 1.807) is 0 Å². The number of esters is 1. The van der Waals surface area contributed by atoms with Crippen molar-refractivity contribution < 1.29 is 14.3 Å². The molecule has 1 aliphatic heterocycles. The van der Waals surface area contributed by atoms with Crippen molar-refractivity contribution in [1.29, 1.82) is 0 Å². The molecule has 1 saturated heterocycles. The molecule has 4 heteroatoms. The fourth-order valence-electron chi connectivity index (χ4n) is 3.33. The first-order chi connectivity index (χ1) is 9.18. The van der Waals surface area contributed by atoms with Crippen LogP contribution in [0.1, 0.15) is 64.7 Å². The first kappa shape index (κ1) is 14.4. The number of amides is 1. The van der Waals surface area contributed by atoms with Crippen molar-refractivity contribution in [2.75, 3.05) is 6.54 Å². The Morgan fingerprint density at radius 2 is 2.05 bits per heavy atom. The van der Waals surface area contributed by atoms with Crippen molar-refractivity contribution in [1.82, 2.24) is 5.32 Å². The summed E-state index contributed by atoms with van der Waals surface area (Å²) >= 11 is 0. The van der Waals surface area contributed by atoms with E-state index in [1.807, 2.05) is 0 Å². The minimum Gasteiger partial charge on any atom is -0.458 e. The Labute approximate surface area is 115 Å². The van der Waals surface area contributed by atoms with Crippen molar-refractivity contribution in [3.8, 4) is 0 Å². The lowest BCUT2D eigenvalue weighted by molar-refractivity contribution is -0.153. The molecule has 1 heterocycles. The molecule has 2 fully saturated rings. The third kappa shape index (κ3) is 3.28. The molecule has 19 heavy (non-hydrogen) atoms. The van der Waals surface area contributed by atoms with Gasteiger partial charge in [-0.1, -0.05) is 26.2 Å². The first-order valence-electron chi connectivity index (χ1n) is 7.67. The maximum atomic E-state index is 12.3. The second kappa shape index (κ2) is 6.40. The molecule has 1 spiro atoms. The van der Waals surface area contributed by atoms with Gasteiger partial charge in [0.25, 0.3) is 0 Å². The molecular weight excluding hydrogens is 242 g/mol. The van der Waals surface area contributed by atoms with Crippen LogP contribution in [0, 0.1) is 5.92 Å². The van der Waals surface area contributed by atoms with Gasteiger partial charge in [-0.2, -0.15) is 0 Å². The molecule has 2 rings (SSSR count). The Bertz CT molecular complexity index is 334. The fourth-order valence-corrected chi connectivity index (χ4v) is 3.33. The lowest BCUT2D eigenvalue weighted by Crippen LogP contribution is -2.45. The van der Waals surface area contributed by atoms with Crippen LogP contribution in [-0.2, 0) is 14.3 Å². The van der Waals surface area contributed by atoms with Crippen molar-refractivity contribution in [3.63, 3.8) is 0 Å². The normalized spacial score (nSPS) is 25.3. The quantitative estimate of drug-likeness (QED) is 0.615. The number of hydrogen-bond donors (Lipinski definition) is 1. The number of rotatable bonds is 5. The molecule has 0 bridgehead atoms. The summed E-state index contributed by atoms with van der Waals surface area (Å²) in [6.07, 6.45) is 8.56. The number of ether oxygens (including phenoxy) is 1. The van der Waals surface area contributed by atoms with E-state index < -0.39 is 5.60 Å². The van der Waals surface area contributed by atoms with Gasteiger partial charge in [0.1, 0.15) is 5.60 Å². The number of nitrogens with one attached hydrogen (secondary N) is 1. The van der Waals surface area contributed by atoms with Crippen LogP contribution in [0.25, 0.3) is 0 Å². The summed E-state index contributed by atoms with van der Waals surface area (Å²) in [7, 11) is 0. The summed E-state index contributed by atoms with van der Waals surface area (Å²) in [4.78, 5) is 23.9. The van der Waals surface area contributed by atoms with Crippen LogP contribution in [0.5, 0.6) is 0 Å². The van der Waals surface area contributed by atoms with E-state index >= 15 is 0 Å². The number of carbonyl (C=O) groups is 2. The van der Waals surface area contributed by atoms with E-state index in [-0.39, 0.29) is 24.2 Å². The highest BCUT2D eigenvalue weighted by atomic mass is 16.6. The van der Waals surface area contributed by atoms with E-state index in [0.29, 0.717) is 6.54 Å². The fraction of sp³-hybridized carbons (Fsp3) is 0.867. The number of unbranched alkanes of at least 4 members (excludes halogenated alkanes) is 2. The number of hydrogen-bond acceptors (Lipinski definition) is 3. The average molecular weight is 267 g/mol. The Morgan fingerprint density at radius 1 is 1.32 bits per heavy atom. The van der Waals surface area contributed by atoms with Crippen LogP contribution in [0.2, 0.25) is 0 Å². The molecule has 1 aliphatic carbocycles. The van der Waals surface area contributed by atoms with Gasteiger partial charge in [-0.3, -0.25) is 9.59 Å². The lowest BCUT2D eigenvalue weighted by Gasteiger charge is -2.36. The Morgan fingerprint density at radius 3 is 2.74 bits per heavy atom. The third-order valence-electron chi connectivity index (χ3n) is 4.42. The molecule has 1 saturated carbocycles. The monoisotopic (exact) mass is 267 g/mol. The van der Waals surface area contributed by atoms with Gasteiger partial charge in [0.05, 0.1) is 12.3 Å². The lowest BCUT2D eigenvalue weighted by atomic mass is 9.75. The second-order valence-electron chi connectivity index (χ2n) is 5.85. The Balaban J connectivity index is 1.92. The van der Waals surface area contributed by atoms with Gasteiger partial charge in [0.2, 0.25) is 5.91 Å².